The van der Waals surface area contributed by atoms with Crippen LogP contribution in [0, 0.1) is 11.8 Å². The highest BCUT2D eigenvalue weighted by atomic mass is 35.5. The van der Waals surface area contributed by atoms with Crippen molar-refractivity contribution in [2.75, 3.05) is 23.4 Å². The molecule has 1 saturated heterocycles. The van der Waals surface area contributed by atoms with Crippen LogP contribution in [0.5, 0.6) is 0 Å². The normalized spacial score (nSPS) is 30.6. The minimum Gasteiger partial charge on any atom is -0.393 e. The third kappa shape index (κ3) is 1.90. The summed E-state index contributed by atoms with van der Waals surface area (Å²) in [6.45, 7) is 1.69. The first-order chi connectivity index (χ1) is 8.69. The number of nitrogen functional groups attached to an aromatic ring is 1. The first-order valence-electron chi connectivity index (χ1n) is 6.11. The van der Waals surface area contributed by atoms with E-state index in [4.69, 9.17) is 17.4 Å². The lowest BCUT2D eigenvalue weighted by Gasteiger charge is -2.20. The molecule has 0 spiro atoms. The maximum atomic E-state index is 9.91. The van der Waals surface area contributed by atoms with Gasteiger partial charge in [-0.15, -0.1) is 0 Å². The van der Waals surface area contributed by atoms with Crippen molar-refractivity contribution in [3.05, 3.63) is 11.2 Å². The van der Waals surface area contributed by atoms with Crippen molar-refractivity contribution in [2.24, 2.45) is 17.7 Å². The number of nitrogens with two attached hydrogens (primary N) is 1. The predicted octanol–water partition coefficient (Wildman–Crippen LogP) is 0.623. The summed E-state index contributed by atoms with van der Waals surface area (Å²) < 4.78 is 0. The van der Waals surface area contributed by atoms with Crippen LogP contribution in [0.2, 0.25) is 5.02 Å². The van der Waals surface area contributed by atoms with Crippen LogP contribution in [0.4, 0.5) is 11.8 Å². The van der Waals surface area contributed by atoms with E-state index in [1.54, 1.807) is 6.20 Å². The topological polar surface area (TPSA) is 87.3 Å². The fraction of sp³-hybridized carbons (Fsp3) is 0.636. The van der Waals surface area contributed by atoms with Gasteiger partial charge in [0.05, 0.1) is 12.3 Å². The van der Waals surface area contributed by atoms with Gasteiger partial charge in [0.15, 0.2) is 5.82 Å². The average molecular weight is 270 g/mol. The lowest BCUT2D eigenvalue weighted by molar-refractivity contribution is 0.133. The quantitative estimate of drug-likeness (QED) is 0.539. The Labute approximate surface area is 110 Å². The van der Waals surface area contributed by atoms with E-state index in [0.717, 1.165) is 25.9 Å². The molecule has 3 rings (SSSR count). The molecule has 4 N–H and O–H groups in total. The minimum atomic E-state index is -0.187. The van der Waals surface area contributed by atoms with E-state index in [9.17, 15) is 5.11 Å². The maximum absolute atomic E-state index is 9.91. The predicted molar refractivity (Wildman–Crippen MR) is 69.3 cm³/mol. The second-order valence-electron chi connectivity index (χ2n) is 4.98. The molecular formula is C11H16ClN5O. The Kier molecular flexibility index (Phi) is 3.01. The summed E-state index contributed by atoms with van der Waals surface area (Å²) >= 11 is 6.13. The molecule has 1 aromatic rings. The summed E-state index contributed by atoms with van der Waals surface area (Å²) in [6.07, 6.45) is 3.35. The Morgan fingerprint density at radius 1 is 1.44 bits per heavy atom. The molecule has 2 heterocycles. The molecule has 0 amide bonds. The molecule has 2 fully saturated rings. The highest BCUT2D eigenvalue weighted by Crippen LogP contribution is 2.40. The van der Waals surface area contributed by atoms with Crippen LogP contribution in [-0.4, -0.2) is 34.3 Å². The number of rotatable bonds is 2. The van der Waals surface area contributed by atoms with Crippen LogP contribution in [0.3, 0.4) is 0 Å². The summed E-state index contributed by atoms with van der Waals surface area (Å²) in [6, 6.07) is 0. The van der Waals surface area contributed by atoms with Gasteiger partial charge in [-0.1, -0.05) is 11.6 Å². The van der Waals surface area contributed by atoms with Crippen LogP contribution in [-0.2, 0) is 0 Å². The van der Waals surface area contributed by atoms with Crippen molar-refractivity contribution in [1.82, 2.24) is 9.97 Å². The van der Waals surface area contributed by atoms with E-state index in [0.29, 0.717) is 28.6 Å². The Balaban J connectivity index is 1.84. The second kappa shape index (κ2) is 4.53. The number of nitrogens with zero attached hydrogens (tertiary/aromatic N) is 3. The summed E-state index contributed by atoms with van der Waals surface area (Å²) in [5.74, 6) is 7.23. The summed E-state index contributed by atoms with van der Waals surface area (Å²) in [4.78, 5) is 10.4. The van der Waals surface area contributed by atoms with Gasteiger partial charge in [0.2, 0.25) is 5.95 Å². The molecule has 0 radical (unpaired) electrons. The SMILES string of the molecule is NNc1ncc(Cl)c(N2CC3CCC(O)C3C2)n1. The summed E-state index contributed by atoms with van der Waals surface area (Å²) in [5, 5.41) is 10.4. The van der Waals surface area contributed by atoms with E-state index in [1.807, 2.05) is 0 Å². The number of halogens is 1. The molecule has 18 heavy (non-hydrogen) atoms. The van der Waals surface area contributed by atoms with Gasteiger partial charge in [0.25, 0.3) is 0 Å². The molecule has 1 saturated carbocycles. The number of hydrazine groups is 1. The van der Waals surface area contributed by atoms with E-state index in [1.165, 1.54) is 0 Å². The van der Waals surface area contributed by atoms with Crippen molar-refractivity contribution >= 4 is 23.4 Å². The third-order valence-corrected chi connectivity index (χ3v) is 4.24. The van der Waals surface area contributed by atoms with Gasteiger partial charge in [-0.25, -0.2) is 10.8 Å². The molecule has 3 atom stereocenters. The molecule has 1 aliphatic heterocycles. The molecule has 6 nitrogen and oxygen atoms in total. The van der Waals surface area contributed by atoms with Gasteiger partial charge in [0, 0.05) is 19.0 Å². The maximum Gasteiger partial charge on any atom is 0.239 e. The van der Waals surface area contributed by atoms with Gasteiger partial charge in [0.1, 0.15) is 5.02 Å². The zero-order valence-electron chi connectivity index (χ0n) is 9.88. The zero-order valence-corrected chi connectivity index (χ0v) is 10.6. The number of nitrogens with one attached hydrogen (secondary N) is 1. The molecule has 0 bridgehead atoms. The Morgan fingerprint density at radius 2 is 2.28 bits per heavy atom. The smallest absolute Gasteiger partial charge is 0.239 e. The molecule has 7 heteroatoms. The van der Waals surface area contributed by atoms with Gasteiger partial charge >= 0.3 is 0 Å². The molecule has 1 aliphatic carbocycles. The fourth-order valence-corrected chi connectivity index (χ4v) is 3.27. The first-order valence-corrected chi connectivity index (χ1v) is 6.49. The number of hydrogen-bond donors (Lipinski definition) is 3. The number of anilines is 2. The third-order valence-electron chi connectivity index (χ3n) is 3.97. The van der Waals surface area contributed by atoms with Crippen LogP contribution in [0.15, 0.2) is 6.20 Å². The molecule has 3 unspecified atom stereocenters. The second-order valence-corrected chi connectivity index (χ2v) is 5.39. The van der Waals surface area contributed by atoms with Gasteiger partial charge in [-0.05, 0) is 18.8 Å². The van der Waals surface area contributed by atoms with E-state index in [2.05, 4.69) is 20.3 Å². The number of aliphatic hydroxyl groups excluding tert-OH is 1. The monoisotopic (exact) mass is 269 g/mol. The van der Waals surface area contributed by atoms with E-state index in [-0.39, 0.29) is 6.10 Å². The van der Waals surface area contributed by atoms with E-state index >= 15 is 0 Å². The van der Waals surface area contributed by atoms with Crippen LogP contribution >= 0.6 is 11.6 Å². The highest BCUT2D eigenvalue weighted by molar-refractivity contribution is 6.32. The summed E-state index contributed by atoms with van der Waals surface area (Å²) in [7, 11) is 0. The lowest BCUT2D eigenvalue weighted by Crippen LogP contribution is -2.26. The van der Waals surface area contributed by atoms with Crippen LogP contribution < -0.4 is 16.2 Å². The Morgan fingerprint density at radius 3 is 3.00 bits per heavy atom. The van der Waals surface area contributed by atoms with Crippen molar-refractivity contribution in [1.29, 1.82) is 0 Å². The number of aromatic nitrogens is 2. The van der Waals surface area contributed by atoms with Crippen LogP contribution in [0.25, 0.3) is 0 Å². The molecule has 0 aromatic carbocycles. The number of hydrogen-bond acceptors (Lipinski definition) is 6. The first kappa shape index (κ1) is 12.0. The van der Waals surface area contributed by atoms with Crippen LogP contribution in [0.1, 0.15) is 12.8 Å². The molecule has 98 valence electrons. The lowest BCUT2D eigenvalue weighted by atomic mass is 10.00. The average Bonchev–Trinajstić information content (AvgIpc) is 2.93. The van der Waals surface area contributed by atoms with Gasteiger partial charge in [-0.3, -0.25) is 5.43 Å². The Hall–Kier alpha value is -1.11. The standard InChI is InChI=1S/C11H16ClN5O/c12-8-3-14-11(16-13)15-10(8)17-4-6-1-2-9(18)7(6)5-17/h3,6-7,9,18H,1-2,4-5,13H2,(H,14,15,16). The fourth-order valence-electron chi connectivity index (χ4n) is 3.06. The highest BCUT2D eigenvalue weighted by Gasteiger charge is 2.42. The van der Waals surface area contributed by atoms with Gasteiger partial charge in [-0.2, -0.15) is 4.98 Å². The van der Waals surface area contributed by atoms with Crippen molar-refractivity contribution in [2.45, 2.75) is 18.9 Å². The Bertz CT molecular complexity index is 457. The minimum absolute atomic E-state index is 0.187. The molecule has 1 aromatic heterocycles. The largest absolute Gasteiger partial charge is 0.393 e. The summed E-state index contributed by atoms with van der Waals surface area (Å²) in [5.41, 5.74) is 2.42. The molecular weight excluding hydrogens is 254 g/mol. The van der Waals surface area contributed by atoms with Crippen molar-refractivity contribution in [3.8, 4) is 0 Å². The number of fused-ring (bicyclic) bond motifs is 1. The van der Waals surface area contributed by atoms with E-state index < -0.39 is 0 Å². The zero-order chi connectivity index (χ0) is 12.7. The van der Waals surface area contributed by atoms with Gasteiger partial charge < -0.3 is 10.0 Å². The number of aliphatic hydroxyl groups is 1. The van der Waals surface area contributed by atoms with Crippen molar-refractivity contribution < 1.29 is 5.11 Å². The van der Waals surface area contributed by atoms with Crippen molar-refractivity contribution in [3.63, 3.8) is 0 Å². The molecule has 2 aliphatic rings.